The van der Waals surface area contributed by atoms with Gasteiger partial charge < -0.3 is 5.32 Å². The van der Waals surface area contributed by atoms with Crippen molar-refractivity contribution >= 4 is 27.5 Å². The summed E-state index contributed by atoms with van der Waals surface area (Å²) in [7, 11) is 0. The lowest BCUT2D eigenvalue weighted by Gasteiger charge is -2.09. The maximum absolute atomic E-state index is 13.8. The molecule has 0 radical (unpaired) electrons. The number of aryl methyl sites for hydroxylation is 2. The first-order valence-corrected chi connectivity index (χ1v) is 8.49. The lowest BCUT2D eigenvalue weighted by atomic mass is 10.3. The number of carbonyl (C=O) groups excluding carboxylic acids is 1. The Kier molecular flexibility index (Phi) is 4.99. The molecule has 1 amide bonds. The summed E-state index contributed by atoms with van der Waals surface area (Å²) in [5.74, 6) is -0.728. The van der Waals surface area contributed by atoms with Gasteiger partial charge in [0, 0.05) is 16.2 Å². The number of carbonyl (C=O) groups is 1. The third-order valence-corrected chi connectivity index (χ3v) is 4.07. The van der Waals surface area contributed by atoms with Crippen LogP contribution >= 0.6 is 15.9 Å². The zero-order chi connectivity index (χ0) is 18.8. The lowest BCUT2D eigenvalue weighted by molar-refractivity contribution is -0.117. The third-order valence-electron chi connectivity index (χ3n) is 3.58. The van der Waals surface area contributed by atoms with Gasteiger partial charge in [0.1, 0.15) is 12.4 Å². The van der Waals surface area contributed by atoms with Gasteiger partial charge in [0.2, 0.25) is 5.91 Å². The maximum Gasteiger partial charge on any atom is 0.267 e. The van der Waals surface area contributed by atoms with Crippen molar-refractivity contribution in [3.63, 3.8) is 0 Å². The summed E-state index contributed by atoms with van der Waals surface area (Å²) in [6, 6.07) is 8.99. The van der Waals surface area contributed by atoms with Gasteiger partial charge in [-0.05, 0) is 44.2 Å². The lowest BCUT2D eigenvalue weighted by Crippen LogP contribution is -2.30. The average molecular weight is 420 g/mol. The minimum absolute atomic E-state index is 0.0287. The van der Waals surface area contributed by atoms with E-state index in [1.165, 1.54) is 24.3 Å². The average Bonchev–Trinajstić information content (AvgIpc) is 2.91. The largest absolute Gasteiger partial charge is 0.322 e. The minimum atomic E-state index is -0.579. The summed E-state index contributed by atoms with van der Waals surface area (Å²) in [5, 5.41) is 10.9. The van der Waals surface area contributed by atoms with E-state index in [0.717, 1.165) is 16.1 Å². The molecular weight excluding hydrogens is 405 g/mol. The van der Waals surface area contributed by atoms with Crippen LogP contribution in [0.2, 0.25) is 0 Å². The van der Waals surface area contributed by atoms with Gasteiger partial charge in [-0.15, -0.1) is 5.10 Å². The molecule has 0 fully saturated rings. The molecule has 0 saturated heterocycles. The number of nitrogens with one attached hydrogen (secondary N) is 1. The number of hydrogen-bond donors (Lipinski definition) is 1. The van der Waals surface area contributed by atoms with Gasteiger partial charge in [-0.2, -0.15) is 5.10 Å². The van der Waals surface area contributed by atoms with Gasteiger partial charge in [-0.25, -0.2) is 13.8 Å². The van der Waals surface area contributed by atoms with Crippen molar-refractivity contribution in [2.45, 2.75) is 20.4 Å². The monoisotopic (exact) mass is 419 g/mol. The number of halogens is 2. The van der Waals surface area contributed by atoms with Crippen LogP contribution in [0.15, 0.2) is 45.7 Å². The van der Waals surface area contributed by atoms with Crippen molar-refractivity contribution < 1.29 is 9.18 Å². The quantitative estimate of drug-likeness (QED) is 0.704. The molecular formula is C17H15BrFN5O2. The van der Waals surface area contributed by atoms with Crippen LogP contribution in [0.25, 0.3) is 5.82 Å². The molecule has 3 rings (SSSR count). The number of nitrogens with zero attached hydrogens (tertiary/aromatic N) is 4. The van der Waals surface area contributed by atoms with Gasteiger partial charge in [0.15, 0.2) is 5.82 Å². The first-order valence-electron chi connectivity index (χ1n) is 7.70. The first kappa shape index (κ1) is 18.0. The second kappa shape index (κ2) is 7.20. The van der Waals surface area contributed by atoms with Gasteiger partial charge in [-0.3, -0.25) is 9.59 Å². The van der Waals surface area contributed by atoms with E-state index in [0.29, 0.717) is 10.3 Å². The Morgan fingerprint density at radius 1 is 1.19 bits per heavy atom. The molecule has 0 atom stereocenters. The van der Waals surface area contributed by atoms with Crippen LogP contribution in [0.5, 0.6) is 0 Å². The fourth-order valence-electron chi connectivity index (χ4n) is 2.44. The summed E-state index contributed by atoms with van der Waals surface area (Å²) < 4.78 is 17.0. The standard InChI is InChI=1S/C17H15BrFN5O2/c1-10-7-11(2)24(21-10)15-5-6-17(26)23(22-15)9-16(25)20-14-4-3-12(18)8-13(14)19/h3-8H,9H2,1-2H3,(H,20,25). The van der Waals surface area contributed by atoms with Crippen LogP contribution in [0.3, 0.4) is 0 Å². The Balaban J connectivity index is 1.83. The van der Waals surface area contributed by atoms with Crippen molar-refractivity contribution in [2.75, 3.05) is 5.32 Å². The Hall–Kier alpha value is -2.81. The van der Waals surface area contributed by atoms with Crippen molar-refractivity contribution in [3.05, 3.63) is 68.4 Å². The van der Waals surface area contributed by atoms with Crippen molar-refractivity contribution in [1.29, 1.82) is 0 Å². The smallest absolute Gasteiger partial charge is 0.267 e. The summed E-state index contributed by atoms with van der Waals surface area (Å²) >= 11 is 3.15. The molecule has 1 N–H and O–H groups in total. The van der Waals surface area contributed by atoms with E-state index in [9.17, 15) is 14.0 Å². The van der Waals surface area contributed by atoms with E-state index in [-0.39, 0.29) is 12.2 Å². The van der Waals surface area contributed by atoms with Crippen LogP contribution in [-0.2, 0) is 11.3 Å². The Labute approximate surface area is 156 Å². The number of anilines is 1. The topological polar surface area (TPSA) is 81.8 Å². The highest BCUT2D eigenvalue weighted by molar-refractivity contribution is 9.10. The molecule has 0 spiro atoms. The molecule has 0 aliphatic rings. The normalized spacial score (nSPS) is 10.8. The van der Waals surface area contributed by atoms with E-state index in [1.54, 1.807) is 10.7 Å². The fraction of sp³-hybridized carbons (Fsp3) is 0.176. The van der Waals surface area contributed by atoms with Gasteiger partial charge >= 0.3 is 0 Å². The minimum Gasteiger partial charge on any atom is -0.322 e. The van der Waals surface area contributed by atoms with Gasteiger partial charge in [0.25, 0.3) is 5.56 Å². The SMILES string of the molecule is Cc1cc(C)n(-c2ccc(=O)n(CC(=O)Nc3ccc(Br)cc3F)n2)n1. The van der Waals surface area contributed by atoms with Crippen LogP contribution in [0.1, 0.15) is 11.4 Å². The molecule has 0 aliphatic carbocycles. The molecule has 3 aromatic rings. The Morgan fingerprint density at radius 3 is 2.62 bits per heavy atom. The van der Waals surface area contributed by atoms with Gasteiger partial charge in [0.05, 0.1) is 11.4 Å². The van der Waals surface area contributed by atoms with E-state index >= 15 is 0 Å². The molecule has 2 heterocycles. The highest BCUT2D eigenvalue weighted by atomic mass is 79.9. The highest BCUT2D eigenvalue weighted by Gasteiger charge is 2.12. The molecule has 26 heavy (non-hydrogen) atoms. The van der Waals surface area contributed by atoms with Crippen molar-refractivity contribution in [1.82, 2.24) is 19.6 Å². The number of benzene rings is 1. The van der Waals surface area contributed by atoms with Crippen molar-refractivity contribution in [3.8, 4) is 5.82 Å². The maximum atomic E-state index is 13.8. The predicted octanol–water partition coefficient (Wildman–Crippen LogP) is 2.59. The molecule has 0 bridgehead atoms. The number of aromatic nitrogens is 4. The molecule has 2 aromatic heterocycles. The summed E-state index contributed by atoms with van der Waals surface area (Å²) in [6.07, 6.45) is 0. The molecule has 7 nitrogen and oxygen atoms in total. The summed E-state index contributed by atoms with van der Waals surface area (Å²) in [4.78, 5) is 24.2. The van der Waals surface area contributed by atoms with Gasteiger partial charge in [-0.1, -0.05) is 15.9 Å². The zero-order valence-electron chi connectivity index (χ0n) is 14.0. The summed E-state index contributed by atoms with van der Waals surface area (Å²) in [5.41, 5.74) is 1.25. The van der Waals surface area contributed by atoms with E-state index in [1.807, 2.05) is 19.9 Å². The zero-order valence-corrected chi connectivity index (χ0v) is 15.6. The molecule has 0 unspecified atom stereocenters. The molecule has 9 heteroatoms. The highest BCUT2D eigenvalue weighted by Crippen LogP contribution is 2.19. The number of rotatable bonds is 4. The fourth-order valence-corrected chi connectivity index (χ4v) is 2.77. The second-order valence-corrected chi connectivity index (χ2v) is 6.61. The molecule has 0 saturated carbocycles. The molecule has 134 valence electrons. The Bertz CT molecular complexity index is 1040. The van der Waals surface area contributed by atoms with Crippen LogP contribution in [0.4, 0.5) is 10.1 Å². The van der Waals surface area contributed by atoms with Crippen LogP contribution in [-0.4, -0.2) is 25.5 Å². The van der Waals surface area contributed by atoms with E-state index in [4.69, 9.17) is 0 Å². The van der Waals surface area contributed by atoms with E-state index in [2.05, 4.69) is 31.4 Å². The Morgan fingerprint density at radius 2 is 1.96 bits per heavy atom. The van der Waals surface area contributed by atoms with Crippen molar-refractivity contribution in [2.24, 2.45) is 0 Å². The number of amides is 1. The van der Waals surface area contributed by atoms with Crippen LogP contribution in [0, 0.1) is 19.7 Å². The number of hydrogen-bond acceptors (Lipinski definition) is 4. The second-order valence-electron chi connectivity index (χ2n) is 5.70. The first-order chi connectivity index (χ1) is 12.3. The predicted molar refractivity (Wildman–Crippen MR) is 97.8 cm³/mol. The van der Waals surface area contributed by atoms with Crippen LogP contribution < -0.4 is 10.9 Å². The molecule has 0 aliphatic heterocycles. The third kappa shape index (κ3) is 3.88. The van der Waals surface area contributed by atoms with E-state index < -0.39 is 17.3 Å². The summed E-state index contributed by atoms with van der Waals surface area (Å²) in [6.45, 7) is 3.36. The molecule has 1 aromatic carbocycles.